The average Bonchev–Trinajstić information content (AvgIpc) is 2.62. The van der Waals surface area contributed by atoms with Crippen molar-refractivity contribution in [3.8, 4) is 0 Å². The Morgan fingerprint density at radius 1 is 1.25 bits per heavy atom. The Kier molecular flexibility index (Phi) is 1.22. The van der Waals surface area contributed by atoms with Gasteiger partial charge in [0, 0.05) is 17.0 Å². The summed E-state index contributed by atoms with van der Waals surface area (Å²) in [5.74, 6) is 0. The van der Waals surface area contributed by atoms with Gasteiger partial charge in [0.25, 0.3) is 0 Å². The van der Waals surface area contributed by atoms with Gasteiger partial charge in [-0.3, -0.25) is 0 Å². The Morgan fingerprint density at radius 3 is 3.25 bits per heavy atom. The lowest BCUT2D eigenvalue weighted by molar-refractivity contribution is 1.24. The van der Waals surface area contributed by atoms with Crippen LogP contribution in [0.4, 0.5) is 0 Å². The lowest BCUT2D eigenvalue weighted by atomic mass is 10.3. The highest BCUT2D eigenvalue weighted by molar-refractivity contribution is 7.40. The van der Waals surface area contributed by atoms with E-state index >= 15 is 0 Å². The average molecular weight is 192 g/mol. The molecule has 0 spiro atoms. The molecule has 0 aliphatic heterocycles. The lowest BCUT2D eigenvalue weighted by Gasteiger charge is -1.83. The normalized spacial score (nSPS) is 11.3. The van der Waals surface area contributed by atoms with E-state index in [0.717, 1.165) is 4.83 Å². The Morgan fingerprint density at radius 2 is 2.25 bits per heavy atom. The van der Waals surface area contributed by atoms with Crippen molar-refractivity contribution in [2.75, 3.05) is 0 Å². The van der Waals surface area contributed by atoms with Crippen LogP contribution in [0.3, 0.4) is 0 Å². The SMILES string of the molecule is c1ncc2c(n1)sc1sccc12. The third kappa shape index (κ3) is 0.735. The number of nitrogens with zero attached hydrogens (tertiary/aromatic N) is 2. The molecule has 0 aliphatic carbocycles. The van der Waals surface area contributed by atoms with Gasteiger partial charge in [-0.15, -0.1) is 22.7 Å². The van der Waals surface area contributed by atoms with Crippen LogP contribution in [0.5, 0.6) is 0 Å². The maximum Gasteiger partial charge on any atom is 0.128 e. The topological polar surface area (TPSA) is 25.8 Å². The highest BCUT2D eigenvalue weighted by Gasteiger charge is 2.05. The number of hydrogen-bond acceptors (Lipinski definition) is 4. The first kappa shape index (κ1) is 6.51. The minimum Gasteiger partial charge on any atom is -0.244 e. The molecule has 0 unspecified atom stereocenters. The quantitative estimate of drug-likeness (QED) is 0.547. The Bertz CT molecular complexity index is 537. The molecule has 0 amide bonds. The van der Waals surface area contributed by atoms with E-state index in [4.69, 9.17) is 0 Å². The summed E-state index contributed by atoms with van der Waals surface area (Å²) >= 11 is 3.50. The minimum atomic E-state index is 1.09. The van der Waals surface area contributed by atoms with Crippen molar-refractivity contribution >= 4 is 42.3 Å². The van der Waals surface area contributed by atoms with Gasteiger partial charge in [0.05, 0.1) is 4.01 Å². The molecule has 0 aromatic carbocycles. The van der Waals surface area contributed by atoms with Crippen molar-refractivity contribution in [1.82, 2.24) is 9.97 Å². The standard InChI is InChI=1S/C8H4N2S2/c1-2-11-8-5(1)6-3-9-4-10-7(6)12-8/h1-4H. The molecule has 0 saturated carbocycles. The van der Waals surface area contributed by atoms with Crippen LogP contribution >= 0.6 is 22.7 Å². The first-order chi connectivity index (χ1) is 5.95. The smallest absolute Gasteiger partial charge is 0.128 e. The fraction of sp³-hybridized carbons (Fsp3) is 0. The molecular weight excluding hydrogens is 188 g/mol. The molecule has 2 nitrogen and oxygen atoms in total. The summed E-state index contributed by atoms with van der Waals surface area (Å²) in [5.41, 5.74) is 0. The maximum absolute atomic E-state index is 4.20. The van der Waals surface area contributed by atoms with E-state index in [1.807, 2.05) is 6.20 Å². The van der Waals surface area contributed by atoms with E-state index in [2.05, 4.69) is 21.4 Å². The fourth-order valence-electron chi connectivity index (χ4n) is 1.25. The van der Waals surface area contributed by atoms with E-state index in [1.54, 1.807) is 29.0 Å². The second-order valence-electron chi connectivity index (χ2n) is 2.47. The first-order valence-corrected chi connectivity index (χ1v) is 5.20. The third-order valence-electron chi connectivity index (χ3n) is 1.78. The maximum atomic E-state index is 4.20. The Labute approximate surface area is 76.5 Å². The van der Waals surface area contributed by atoms with Crippen molar-refractivity contribution in [3.05, 3.63) is 24.0 Å². The Balaban J connectivity index is 2.68. The van der Waals surface area contributed by atoms with Gasteiger partial charge >= 0.3 is 0 Å². The lowest BCUT2D eigenvalue weighted by Crippen LogP contribution is -1.72. The van der Waals surface area contributed by atoms with Crippen LogP contribution in [0, 0.1) is 0 Å². The Hall–Kier alpha value is -1.00. The monoisotopic (exact) mass is 192 g/mol. The highest BCUT2D eigenvalue weighted by atomic mass is 32.2. The van der Waals surface area contributed by atoms with Crippen LogP contribution < -0.4 is 0 Å². The number of fused-ring (bicyclic) bond motifs is 3. The van der Waals surface area contributed by atoms with Crippen LogP contribution in [0.25, 0.3) is 19.6 Å². The highest BCUT2D eigenvalue weighted by Crippen LogP contribution is 2.35. The van der Waals surface area contributed by atoms with Gasteiger partial charge in [-0.1, -0.05) is 0 Å². The summed E-state index contributed by atoms with van der Waals surface area (Å²) in [6.45, 7) is 0. The van der Waals surface area contributed by atoms with Crippen molar-refractivity contribution in [1.29, 1.82) is 0 Å². The van der Waals surface area contributed by atoms with Crippen LogP contribution in [-0.4, -0.2) is 9.97 Å². The summed E-state index contributed by atoms with van der Waals surface area (Å²) in [4.78, 5) is 9.31. The van der Waals surface area contributed by atoms with Crippen molar-refractivity contribution in [2.24, 2.45) is 0 Å². The van der Waals surface area contributed by atoms with Gasteiger partial charge in [-0.05, 0) is 11.4 Å². The van der Waals surface area contributed by atoms with Gasteiger partial charge in [0.15, 0.2) is 0 Å². The van der Waals surface area contributed by atoms with E-state index in [1.165, 1.54) is 14.8 Å². The number of hydrogen-bond donors (Lipinski definition) is 0. The summed E-state index contributed by atoms with van der Waals surface area (Å²) in [7, 11) is 0. The molecule has 4 heteroatoms. The molecule has 0 saturated heterocycles. The largest absolute Gasteiger partial charge is 0.244 e. The summed E-state index contributed by atoms with van der Waals surface area (Å²) in [6.07, 6.45) is 3.48. The molecule has 0 N–H and O–H groups in total. The molecule has 3 rings (SSSR count). The van der Waals surface area contributed by atoms with Crippen molar-refractivity contribution < 1.29 is 0 Å². The zero-order valence-corrected chi connectivity index (χ0v) is 7.65. The molecule has 58 valence electrons. The van der Waals surface area contributed by atoms with Crippen molar-refractivity contribution in [2.45, 2.75) is 0 Å². The molecule has 0 fully saturated rings. The third-order valence-corrected chi connectivity index (χ3v) is 3.95. The van der Waals surface area contributed by atoms with Crippen LogP contribution in [0.1, 0.15) is 0 Å². The summed E-state index contributed by atoms with van der Waals surface area (Å²) < 4.78 is 1.34. The molecule has 3 aromatic heterocycles. The van der Waals surface area contributed by atoms with E-state index in [9.17, 15) is 0 Å². The van der Waals surface area contributed by atoms with Crippen LogP contribution in [0.2, 0.25) is 0 Å². The molecular formula is C8H4N2S2. The zero-order valence-electron chi connectivity index (χ0n) is 6.02. The molecule has 0 aliphatic rings. The summed E-state index contributed by atoms with van der Waals surface area (Å²) in [6, 6.07) is 2.13. The predicted octanol–water partition coefficient (Wildman–Crippen LogP) is 2.91. The molecule has 3 heterocycles. The van der Waals surface area contributed by atoms with Gasteiger partial charge in [0.1, 0.15) is 11.2 Å². The number of aromatic nitrogens is 2. The fourth-order valence-corrected chi connectivity index (χ4v) is 3.31. The van der Waals surface area contributed by atoms with Crippen LogP contribution in [0.15, 0.2) is 24.0 Å². The number of thiophene rings is 2. The first-order valence-electron chi connectivity index (χ1n) is 3.51. The molecule has 3 aromatic rings. The van der Waals surface area contributed by atoms with E-state index < -0.39 is 0 Å². The van der Waals surface area contributed by atoms with E-state index in [-0.39, 0.29) is 0 Å². The van der Waals surface area contributed by atoms with E-state index in [0.29, 0.717) is 0 Å². The number of rotatable bonds is 0. The minimum absolute atomic E-state index is 1.09. The summed E-state index contributed by atoms with van der Waals surface area (Å²) in [5, 5.41) is 4.58. The molecule has 0 atom stereocenters. The predicted molar refractivity (Wildman–Crippen MR) is 52.8 cm³/mol. The van der Waals surface area contributed by atoms with Gasteiger partial charge in [-0.2, -0.15) is 0 Å². The molecule has 12 heavy (non-hydrogen) atoms. The van der Waals surface area contributed by atoms with Gasteiger partial charge < -0.3 is 0 Å². The zero-order chi connectivity index (χ0) is 7.97. The van der Waals surface area contributed by atoms with Gasteiger partial charge in [-0.25, -0.2) is 9.97 Å². The second kappa shape index (κ2) is 2.24. The van der Waals surface area contributed by atoms with Crippen molar-refractivity contribution in [3.63, 3.8) is 0 Å². The van der Waals surface area contributed by atoms with Gasteiger partial charge in [0.2, 0.25) is 0 Å². The van der Waals surface area contributed by atoms with Crippen LogP contribution in [-0.2, 0) is 0 Å². The molecule has 0 bridgehead atoms. The second-order valence-corrected chi connectivity index (χ2v) is 4.64. The molecule has 0 radical (unpaired) electrons.